The molecule has 90 valence electrons. The van der Waals surface area contributed by atoms with Gasteiger partial charge in [-0.3, -0.25) is 0 Å². The lowest BCUT2D eigenvalue weighted by molar-refractivity contribution is 0.248. The molecule has 0 bridgehead atoms. The average molecular weight is 223 g/mol. The second kappa shape index (κ2) is 3.84. The fourth-order valence-corrected chi connectivity index (χ4v) is 2.16. The molecule has 2 rings (SSSR count). The predicted octanol–water partition coefficient (Wildman–Crippen LogP) is 2.36. The van der Waals surface area contributed by atoms with Gasteiger partial charge in [0.25, 0.3) is 0 Å². The Morgan fingerprint density at radius 1 is 1.44 bits per heavy atom. The first-order valence-electron chi connectivity index (χ1n) is 6.08. The van der Waals surface area contributed by atoms with Crippen molar-refractivity contribution < 1.29 is 4.52 Å². The van der Waals surface area contributed by atoms with E-state index in [9.17, 15) is 0 Å². The van der Waals surface area contributed by atoms with E-state index in [0.29, 0.717) is 0 Å². The van der Waals surface area contributed by atoms with Crippen molar-refractivity contribution in [3.8, 4) is 0 Å². The Morgan fingerprint density at radius 2 is 2.19 bits per heavy atom. The van der Waals surface area contributed by atoms with Crippen LogP contribution in [0.2, 0.25) is 0 Å². The molecule has 1 aromatic rings. The Hall–Kier alpha value is -0.900. The normalized spacial score (nSPS) is 26.2. The smallest absolute Gasteiger partial charge is 0.246 e. The molecule has 1 N–H and O–H groups in total. The van der Waals surface area contributed by atoms with Crippen molar-refractivity contribution in [2.24, 2.45) is 0 Å². The summed E-state index contributed by atoms with van der Waals surface area (Å²) in [5.41, 5.74) is -0.119. The van der Waals surface area contributed by atoms with Crippen molar-refractivity contribution in [1.82, 2.24) is 15.5 Å². The molecule has 1 saturated heterocycles. The first-order valence-corrected chi connectivity index (χ1v) is 6.08. The quantitative estimate of drug-likeness (QED) is 0.836. The SMILES string of the molecule is CCC1(c2nc(C(C)(C)C)no2)CCCN1. The summed E-state index contributed by atoms with van der Waals surface area (Å²) in [5, 5.41) is 7.60. The van der Waals surface area contributed by atoms with Crippen molar-refractivity contribution in [3.05, 3.63) is 11.7 Å². The molecule has 0 aliphatic carbocycles. The van der Waals surface area contributed by atoms with Crippen LogP contribution in [-0.2, 0) is 11.0 Å². The standard InChI is InChI=1S/C12H21N3O/c1-5-12(7-6-8-13-12)10-14-9(15-16-10)11(2,3)4/h13H,5-8H2,1-4H3. The molecule has 0 radical (unpaired) electrons. The van der Waals surface area contributed by atoms with Gasteiger partial charge in [0, 0.05) is 5.41 Å². The third-order valence-electron chi connectivity index (χ3n) is 3.35. The Balaban J connectivity index is 2.30. The Labute approximate surface area is 96.8 Å². The molecule has 4 heteroatoms. The summed E-state index contributed by atoms with van der Waals surface area (Å²) in [6.07, 6.45) is 3.27. The molecule has 1 unspecified atom stereocenters. The molecule has 1 aliphatic heterocycles. The third-order valence-corrected chi connectivity index (χ3v) is 3.35. The zero-order chi connectivity index (χ0) is 11.8. The fourth-order valence-electron chi connectivity index (χ4n) is 2.16. The van der Waals surface area contributed by atoms with Crippen molar-refractivity contribution >= 4 is 0 Å². The van der Waals surface area contributed by atoms with Crippen LogP contribution >= 0.6 is 0 Å². The maximum atomic E-state index is 5.45. The van der Waals surface area contributed by atoms with Gasteiger partial charge in [0.2, 0.25) is 5.89 Å². The second-order valence-electron chi connectivity index (χ2n) is 5.64. The van der Waals surface area contributed by atoms with Crippen LogP contribution < -0.4 is 5.32 Å². The number of hydrogen-bond donors (Lipinski definition) is 1. The van der Waals surface area contributed by atoms with Crippen molar-refractivity contribution in [1.29, 1.82) is 0 Å². The van der Waals surface area contributed by atoms with E-state index in [1.54, 1.807) is 0 Å². The highest BCUT2D eigenvalue weighted by molar-refractivity contribution is 5.09. The van der Waals surface area contributed by atoms with Gasteiger partial charge in [-0.2, -0.15) is 4.98 Å². The summed E-state index contributed by atoms with van der Waals surface area (Å²) in [6.45, 7) is 9.51. The zero-order valence-electron chi connectivity index (χ0n) is 10.6. The van der Waals surface area contributed by atoms with Gasteiger partial charge < -0.3 is 9.84 Å². The van der Waals surface area contributed by atoms with Crippen LogP contribution in [0.1, 0.15) is 58.7 Å². The van der Waals surface area contributed by atoms with E-state index in [2.05, 4.69) is 43.2 Å². The Morgan fingerprint density at radius 3 is 2.62 bits per heavy atom. The molecule has 1 atom stereocenters. The van der Waals surface area contributed by atoms with Crippen molar-refractivity contribution in [2.75, 3.05) is 6.54 Å². The first-order chi connectivity index (χ1) is 7.48. The van der Waals surface area contributed by atoms with Gasteiger partial charge in [0.15, 0.2) is 5.82 Å². The zero-order valence-corrected chi connectivity index (χ0v) is 10.6. The lowest BCUT2D eigenvalue weighted by Crippen LogP contribution is -2.36. The van der Waals surface area contributed by atoms with E-state index in [1.165, 1.54) is 6.42 Å². The minimum Gasteiger partial charge on any atom is -0.337 e. The largest absolute Gasteiger partial charge is 0.337 e. The molecule has 0 aromatic carbocycles. The molecule has 0 amide bonds. The van der Waals surface area contributed by atoms with Crippen LogP contribution in [0, 0.1) is 0 Å². The lowest BCUT2D eigenvalue weighted by atomic mass is 9.93. The Kier molecular flexibility index (Phi) is 2.78. The molecule has 0 spiro atoms. The van der Waals surface area contributed by atoms with Crippen LogP contribution in [0.3, 0.4) is 0 Å². The number of nitrogens with zero attached hydrogens (tertiary/aromatic N) is 2. The topological polar surface area (TPSA) is 51.0 Å². The summed E-state index contributed by atoms with van der Waals surface area (Å²) >= 11 is 0. The summed E-state index contributed by atoms with van der Waals surface area (Å²) < 4.78 is 5.45. The number of hydrogen-bond acceptors (Lipinski definition) is 4. The van der Waals surface area contributed by atoms with E-state index in [-0.39, 0.29) is 11.0 Å². The minimum atomic E-state index is -0.0729. The van der Waals surface area contributed by atoms with Gasteiger partial charge in [-0.15, -0.1) is 0 Å². The summed E-state index contributed by atoms with van der Waals surface area (Å²) in [7, 11) is 0. The fraction of sp³-hybridized carbons (Fsp3) is 0.833. The number of nitrogens with one attached hydrogen (secondary N) is 1. The van der Waals surface area contributed by atoms with Crippen LogP contribution in [0.5, 0.6) is 0 Å². The highest BCUT2D eigenvalue weighted by Gasteiger charge is 2.39. The van der Waals surface area contributed by atoms with Gasteiger partial charge >= 0.3 is 0 Å². The van der Waals surface area contributed by atoms with Gasteiger partial charge in [-0.1, -0.05) is 32.9 Å². The van der Waals surface area contributed by atoms with Gasteiger partial charge in [-0.25, -0.2) is 0 Å². The van der Waals surface area contributed by atoms with E-state index in [0.717, 1.165) is 31.1 Å². The molecule has 1 aliphatic rings. The van der Waals surface area contributed by atoms with Crippen LogP contribution in [0.25, 0.3) is 0 Å². The maximum absolute atomic E-state index is 5.45. The molecule has 4 nitrogen and oxygen atoms in total. The molecule has 1 fully saturated rings. The van der Waals surface area contributed by atoms with Gasteiger partial charge in [-0.05, 0) is 25.8 Å². The van der Waals surface area contributed by atoms with Crippen LogP contribution in [0.4, 0.5) is 0 Å². The Bertz CT molecular complexity index is 359. The van der Waals surface area contributed by atoms with Gasteiger partial charge in [0.1, 0.15) is 0 Å². The molecular weight excluding hydrogens is 202 g/mol. The molecule has 16 heavy (non-hydrogen) atoms. The summed E-state index contributed by atoms with van der Waals surface area (Å²) in [4.78, 5) is 4.57. The first kappa shape index (κ1) is 11.6. The second-order valence-corrected chi connectivity index (χ2v) is 5.64. The molecule has 0 saturated carbocycles. The third kappa shape index (κ3) is 1.86. The predicted molar refractivity (Wildman–Crippen MR) is 62.2 cm³/mol. The van der Waals surface area contributed by atoms with Crippen LogP contribution in [-0.4, -0.2) is 16.7 Å². The minimum absolute atomic E-state index is 0.0463. The number of aromatic nitrogens is 2. The van der Waals surface area contributed by atoms with Gasteiger partial charge in [0.05, 0.1) is 5.54 Å². The summed E-state index contributed by atoms with van der Waals surface area (Å²) in [6, 6.07) is 0. The van der Waals surface area contributed by atoms with E-state index >= 15 is 0 Å². The van der Waals surface area contributed by atoms with E-state index < -0.39 is 0 Å². The monoisotopic (exact) mass is 223 g/mol. The molecule has 2 heterocycles. The summed E-state index contributed by atoms with van der Waals surface area (Å²) in [5.74, 6) is 1.56. The van der Waals surface area contributed by atoms with E-state index in [1.807, 2.05) is 0 Å². The lowest BCUT2D eigenvalue weighted by Gasteiger charge is -2.23. The van der Waals surface area contributed by atoms with Crippen LogP contribution in [0.15, 0.2) is 4.52 Å². The van der Waals surface area contributed by atoms with E-state index in [4.69, 9.17) is 4.52 Å². The number of rotatable bonds is 2. The highest BCUT2D eigenvalue weighted by Crippen LogP contribution is 2.33. The maximum Gasteiger partial charge on any atom is 0.246 e. The average Bonchev–Trinajstić information content (AvgIpc) is 2.86. The molecule has 1 aromatic heterocycles. The highest BCUT2D eigenvalue weighted by atomic mass is 16.5. The van der Waals surface area contributed by atoms with Crippen molar-refractivity contribution in [3.63, 3.8) is 0 Å². The molecular formula is C12H21N3O. The van der Waals surface area contributed by atoms with Crippen molar-refractivity contribution in [2.45, 2.75) is 57.9 Å².